The van der Waals surface area contributed by atoms with Gasteiger partial charge in [0.2, 0.25) is 0 Å². The smallest absolute Gasteiger partial charge is 0.285 e. The molecule has 1 atom stereocenters. The second-order valence-corrected chi connectivity index (χ2v) is 9.58. The Morgan fingerprint density at radius 2 is 1.53 bits per heavy atom. The summed E-state index contributed by atoms with van der Waals surface area (Å²) < 4.78 is 35.0. The fraction of sp³-hybridized carbons (Fsp3) is 0.367. The molecule has 1 unspecified atom stereocenters. The van der Waals surface area contributed by atoms with Gasteiger partial charge in [-0.1, -0.05) is 109 Å². The van der Waals surface area contributed by atoms with Crippen LogP contribution in [-0.2, 0) is 5.66 Å². The van der Waals surface area contributed by atoms with Crippen LogP contribution in [0.3, 0.4) is 0 Å². The SMILES string of the molecule is CCCCCCCCOc1cccc(-c2ccccc2)c1C(=O)N(CC)c1ccccc1C(F)(F)P. The summed E-state index contributed by atoms with van der Waals surface area (Å²) in [7, 11) is 1.58. The quantitative estimate of drug-likeness (QED) is 0.170. The van der Waals surface area contributed by atoms with Gasteiger partial charge in [-0.15, -0.1) is 0 Å². The van der Waals surface area contributed by atoms with E-state index in [9.17, 15) is 13.6 Å². The van der Waals surface area contributed by atoms with Crippen LogP contribution in [0.2, 0.25) is 0 Å². The first-order chi connectivity index (χ1) is 17.4. The van der Waals surface area contributed by atoms with Gasteiger partial charge in [0.05, 0.1) is 17.9 Å². The van der Waals surface area contributed by atoms with Crippen molar-refractivity contribution in [1.29, 1.82) is 0 Å². The maximum atomic E-state index is 14.4. The van der Waals surface area contributed by atoms with Gasteiger partial charge in [0.1, 0.15) is 5.75 Å². The van der Waals surface area contributed by atoms with Crippen molar-refractivity contribution in [1.82, 2.24) is 0 Å². The Hall–Kier alpha value is -2.78. The molecule has 0 fully saturated rings. The monoisotopic (exact) mass is 511 g/mol. The summed E-state index contributed by atoms with van der Waals surface area (Å²) in [6.07, 6.45) is 6.79. The number of para-hydroxylation sites is 1. The molecule has 0 saturated heterocycles. The zero-order valence-electron chi connectivity index (χ0n) is 21.2. The zero-order valence-corrected chi connectivity index (χ0v) is 22.3. The van der Waals surface area contributed by atoms with Crippen molar-refractivity contribution < 1.29 is 18.3 Å². The Balaban J connectivity index is 1.98. The van der Waals surface area contributed by atoms with Crippen LogP contribution < -0.4 is 9.64 Å². The molecule has 3 aromatic rings. The number of ether oxygens (including phenoxy) is 1. The van der Waals surface area contributed by atoms with E-state index in [1.54, 1.807) is 40.4 Å². The van der Waals surface area contributed by atoms with Crippen molar-refractivity contribution in [3.63, 3.8) is 0 Å². The summed E-state index contributed by atoms with van der Waals surface area (Å²) in [5.74, 6) is 0.111. The third-order valence-corrected chi connectivity index (χ3v) is 6.51. The van der Waals surface area contributed by atoms with E-state index in [1.807, 2.05) is 42.5 Å². The van der Waals surface area contributed by atoms with Crippen molar-refractivity contribution in [2.45, 2.75) is 58.0 Å². The molecule has 6 heteroatoms. The maximum absolute atomic E-state index is 14.4. The Bertz CT molecular complexity index is 1120. The number of nitrogens with zero attached hydrogens (tertiary/aromatic N) is 1. The standard InChI is InChI=1S/C30H36F2NO2P/c1-3-5-6-7-8-14-22-35-27-21-15-18-24(23-16-10-9-11-17-23)28(27)29(34)33(4-2)26-20-13-12-19-25(26)30(31,32)36/h9-13,15-21H,3-8,14,22,36H2,1-2H3. The van der Waals surface area contributed by atoms with Gasteiger partial charge in [0, 0.05) is 12.1 Å². The lowest BCUT2D eigenvalue weighted by Gasteiger charge is -2.27. The summed E-state index contributed by atoms with van der Waals surface area (Å²) in [4.78, 5) is 15.5. The van der Waals surface area contributed by atoms with Crippen LogP contribution in [0.4, 0.5) is 14.5 Å². The van der Waals surface area contributed by atoms with E-state index in [0.29, 0.717) is 17.9 Å². The molecule has 0 radical (unpaired) electrons. The van der Waals surface area contributed by atoms with E-state index in [1.165, 1.54) is 30.2 Å². The van der Waals surface area contributed by atoms with Crippen molar-refractivity contribution in [3.8, 4) is 16.9 Å². The largest absolute Gasteiger partial charge is 0.493 e. The van der Waals surface area contributed by atoms with Gasteiger partial charge in [-0.2, -0.15) is 8.78 Å². The minimum Gasteiger partial charge on any atom is -0.493 e. The summed E-state index contributed by atoms with van der Waals surface area (Å²) in [6.45, 7) is 4.71. The second kappa shape index (κ2) is 13.5. The number of unbranched alkanes of at least 4 members (excludes halogenated alkanes) is 5. The van der Waals surface area contributed by atoms with Gasteiger partial charge in [-0.05, 0) is 36.6 Å². The number of halogens is 2. The highest BCUT2D eigenvalue weighted by molar-refractivity contribution is 7.17. The van der Waals surface area contributed by atoms with Gasteiger partial charge >= 0.3 is 0 Å². The lowest BCUT2D eigenvalue weighted by Crippen LogP contribution is -2.33. The number of carbonyl (C=O) groups excluding carboxylic acids is 1. The van der Waals surface area contributed by atoms with Gasteiger partial charge in [0.15, 0.2) is 0 Å². The highest BCUT2D eigenvalue weighted by atomic mass is 31.0. The average Bonchev–Trinajstić information content (AvgIpc) is 2.88. The van der Waals surface area contributed by atoms with Crippen LogP contribution in [0.25, 0.3) is 11.1 Å². The van der Waals surface area contributed by atoms with Crippen LogP contribution in [0.5, 0.6) is 5.75 Å². The number of amides is 1. The summed E-state index contributed by atoms with van der Waals surface area (Å²) >= 11 is 0. The Labute approximate surface area is 216 Å². The first-order valence-electron chi connectivity index (χ1n) is 12.8. The highest BCUT2D eigenvalue weighted by Crippen LogP contribution is 2.41. The fourth-order valence-electron chi connectivity index (χ4n) is 4.34. The van der Waals surface area contributed by atoms with Crippen LogP contribution in [0, 0.1) is 0 Å². The molecular weight excluding hydrogens is 475 g/mol. The summed E-state index contributed by atoms with van der Waals surface area (Å²) in [5, 5.41) is 0. The van der Waals surface area contributed by atoms with Gasteiger partial charge in [0.25, 0.3) is 11.6 Å². The van der Waals surface area contributed by atoms with Crippen molar-refractivity contribution >= 4 is 20.8 Å². The van der Waals surface area contributed by atoms with Gasteiger partial charge in [-0.25, -0.2) is 0 Å². The molecule has 0 aliphatic heterocycles. The maximum Gasteiger partial charge on any atom is 0.285 e. The van der Waals surface area contributed by atoms with E-state index in [-0.39, 0.29) is 23.7 Å². The predicted molar refractivity (Wildman–Crippen MR) is 148 cm³/mol. The number of hydrogen-bond donors (Lipinski definition) is 0. The molecular formula is C30H36F2NO2P. The molecule has 3 aromatic carbocycles. The molecule has 0 saturated carbocycles. The first-order valence-corrected chi connectivity index (χ1v) is 13.4. The molecule has 0 aromatic heterocycles. The lowest BCUT2D eigenvalue weighted by atomic mass is 9.97. The van der Waals surface area contributed by atoms with E-state index in [4.69, 9.17) is 4.74 Å². The molecule has 0 aliphatic rings. The second-order valence-electron chi connectivity index (χ2n) is 8.85. The minimum atomic E-state index is -3.17. The zero-order chi connectivity index (χ0) is 26.0. The molecule has 192 valence electrons. The van der Waals surface area contributed by atoms with Crippen molar-refractivity contribution in [3.05, 3.63) is 83.9 Å². The Kier molecular flexibility index (Phi) is 10.4. The third kappa shape index (κ3) is 7.13. The summed E-state index contributed by atoms with van der Waals surface area (Å²) in [5.41, 5.74) is -1.22. The lowest BCUT2D eigenvalue weighted by molar-refractivity contribution is 0.0974. The van der Waals surface area contributed by atoms with E-state index < -0.39 is 5.66 Å². The molecule has 0 N–H and O–H groups in total. The minimum absolute atomic E-state index is 0.190. The van der Waals surface area contributed by atoms with Crippen molar-refractivity contribution in [2.75, 3.05) is 18.1 Å². The fourth-order valence-corrected chi connectivity index (χ4v) is 4.59. The molecule has 3 nitrogen and oxygen atoms in total. The number of rotatable bonds is 13. The van der Waals surface area contributed by atoms with E-state index >= 15 is 0 Å². The van der Waals surface area contributed by atoms with E-state index in [2.05, 4.69) is 6.92 Å². The Morgan fingerprint density at radius 3 is 2.22 bits per heavy atom. The number of carbonyl (C=O) groups is 1. The molecule has 3 rings (SSSR count). The number of benzene rings is 3. The average molecular weight is 512 g/mol. The normalized spacial score (nSPS) is 11.4. The van der Waals surface area contributed by atoms with Crippen LogP contribution in [0.15, 0.2) is 72.8 Å². The van der Waals surface area contributed by atoms with Gasteiger partial charge in [-0.3, -0.25) is 4.79 Å². The molecule has 1 amide bonds. The number of alkyl halides is 2. The van der Waals surface area contributed by atoms with Crippen LogP contribution in [-0.4, -0.2) is 19.1 Å². The molecule has 0 aliphatic carbocycles. The first kappa shape index (κ1) is 27.8. The molecule has 0 spiro atoms. The molecule has 36 heavy (non-hydrogen) atoms. The van der Waals surface area contributed by atoms with Gasteiger partial charge < -0.3 is 9.64 Å². The topological polar surface area (TPSA) is 29.5 Å². The number of hydrogen-bond acceptors (Lipinski definition) is 2. The molecule has 0 heterocycles. The predicted octanol–water partition coefficient (Wildman–Crippen LogP) is 8.68. The Morgan fingerprint density at radius 1 is 0.861 bits per heavy atom. The highest BCUT2D eigenvalue weighted by Gasteiger charge is 2.32. The van der Waals surface area contributed by atoms with Crippen LogP contribution >= 0.6 is 9.24 Å². The van der Waals surface area contributed by atoms with Crippen molar-refractivity contribution in [2.24, 2.45) is 0 Å². The van der Waals surface area contributed by atoms with Crippen LogP contribution in [0.1, 0.15) is 68.3 Å². The molecule has 0 bridgehead atoms. The number of anilines is 1. The summed E-state index contributed by atoms with van der Waals surface area (Å²) in [6, 6.07) is 21.3. The third-order valence-electron chi connectivity index (χ3n) is 6.20. The van der Waals surface area contributed by atoms with E-state index in [0.717, 1.165) is 30.4 Å².